The van der Waals surface area contributed by atoms with Crippen molar-refractivity contribution in [1.29, 1.82) is 0 Å². The minimum absolute atomic E-state index is 0.0131. The molecule has 1 atom stereocenters. The summed E-state index contributed by atoms with van der Waals surface area (Å²) in [5, 5.41) is 0.126. The molecular formula is C20H30BrNO3SSi. The Morgan fingerprint density at radius 3 is 2.44 bits per heavy atom. The molecule has 1 unspecified atom stereocenters. The minimum Gasteiger partial charge on any atom is -0.412 e. The molecule has 0 aromatic heterocycles. The van der Waals surface area contributed by atoms with E-state index in [0.717, 1.165) is 10.1 Å². The third-order valence-corrected chi connectivity index (χ3v) is 12.6. The maximum Gasteiger partial charge on any atom is 0.243 e. The van der Waals surface area contributed by atoms with Crippen LogP contribution in [-0.4, -0.2) is 40.7 Å². The normalized spacial score (nSPS) is 21.3. The van der Waals surface area contributed by atoms with Gasteiger partial charge in [0.25, 0.3) is 0 Å². The smallest absolute Gasteiger partial charge is 0.243 e. The Kier molecular flexibility index (Phi) is 6.96. The zero-order valence-electron chi connectivity index (χ0n) is 16.8. The summed E-state index contributed by atoms with van der Waals surface area (Å²) in [6.07, 6.45) is 1.82. The fraction of sp³-hybridized carbons (Fsp3) is 0.500. The predicted octanol–water partition coefficient (Wildman–Crippen LogP) is 5.16. The molecule has 0 N–H and O–H groups in total. The molecule has 0 aliphatic carbocycles. The van der Waals surface area contributed by atoms with E-state index >= 15 is 0 Å². The van der Waals surface area contributed by atoms with Gasteiger partial charge in [-0.15, -0.1) is 6.58 Å². The molecule has 1 fully saturated rings. The third-order valence-electron chi connectivity index (χ3n) is 5.57. The molecule has 2 rings (SSSR count). The van der Waals surface area contributed by atoms with Crippen LogP contribution in [0, 0.1) is 5.92 Å². The van der Waals surface area contributed by atoms with E-state index in [4.69, 9.17) is 4.43 Å². The van der Waals surface area contributed by atoms with E-state index in [1.165, 1.54) is 4.31 Å². The fourth-order valence-corrected chi connectivity index (χ4v) is 5.83. The summed E-state index contributed by atoms with van der Waals surface area (Å²) in [6.45, 7) is 16.2. The summed E-state index contributed by atoms with van der Waals surface area (Å²) in [7, 11) is -5.40. The van der Waals surface area contributed by atoms with E-state index < -0.39 is 18.3 Å². The SMILES string of the molecule is C=CC1CN(S(=O)(=O)c2ccccc2)C/C1=C(/Br)CO[Si](C)(C)C(C)(C)C. The molecule has 0 radical (unpaired) electrons. The summed E-state index contributed by atoms with van der Waals surface area (Å²) in [5.74, 6) is -0.0131. The van der Waals surface area contributed by atoms with Gasteiger partial charge in [0.2, 0.25) is 10.0 Å². The highest BCUT2D eigenvalue weighted by atomic mass is 79.9. The minimum atomic E-state index is -3.52. The Morgan fingerprint density at radius 2 is 1.93 bits per heavy atom. The lowest BCUT2D eigenvalue weighted by atomic mass is 10.0. The zero-order valence-corrected chi connectivity index (χ0v) is 20.2. The van der Waals surface area contributed by atoms with Crippen LogP contribution in [-0.2, 0) is 14.4 Å². The first-order valence-corrected chi connectivity index (χ1v) is 14.2. The van der Waals surface area contributed by atoms with Crippen LogP contribution in [0.3, 0.4) is 0 Å². The second-order valence-corrected chi connectivity index (χ2v) is 16.1. The number of benzene rings is 1. The first-order chi connectivity index (χ1) is 12.4. The highest BCUT2D eigenvalue weighted by molar-refractivity contribution is 9.11. The number of hydrogen-bond acceptors (Lipinski definition) is 3. The van der Waals surface area contributed by atoms with Crippen molar-refractivity contribution in [3.63, 3.8) is 0 Å². The van der Waals surface area contributed by atoms with Crippen molar-refractivity contribution in [2.24, 2.45) is 5.92 Å². The molecule has 1 aliphatic rings. The summed E-state index contributed by atoms with van der Waals surface area (Å²) < 4.78 is 34.6. The maximum absolute atomic E-state index is 12.9. The standard InChI is InChI=1S/C20H30BrNO3SSi/c1-7-16-13-22(26(23,24)17-11-9-8-10-12-17)14-18(16)19(21)15-25-27(5,6)20(2,3)4/h7-12,16H,1,13-15H2,2-6H3/b19-18-. The molecule has 0 saturated carbocycles. The van der Waals surface area contributed by atoms with Crippen molar-refractivity contribution < 1.29 is 12.8 Å². The van der Waals surface area contributed by atoms with Crippen LogP contribution in [0.1, 0.15) is 20.8 Å². The third kappa shape index (κ3) is 5.01. The van der Waals surface area contributed by atoms with Crippen molar-refractivity contribution in [2.75, 3.05) is 19.7 Å². The summed E-state index contributed by atoms with van der Waals surface area (Å²) in [6, 6.07) is 8.57. The molecule has 0 spiro atoms. The van der Waals surface area contributed by atoms with Crippen LogP contribution in [0.5, 0.6) is 0 Å². The Labute approximate surface area is 173 Å². The van der Waals surface area contributed by atoms with E-state index in [1.54, 1.807) is 24.3 Å². The van der Waals surface area contributed by atoms with Gasteiger partial charge in [0.05, 0.1) is 11.5 Å². The first kappa shape index (κ1) is 22.6. The summed E-state index contributed by atoms with van der Waals surface area (Å²) >= 11 is 3.66. The van der Waals surface area contributed by atoms with Crippen LogP contribution in [0.2, 0.25) is 18.1 Å². The van der Waals surface area contributed by atoms with E-state index in [2.05, 4.69) is 56.4 Å². The van der Waals surface area contributed by atoms with Crippen LogP contribution in [0.25, 0.3) is 0 Å². The van der Waals surface area contributed by atoms with E-state index in [1.807, 2.05) is 12.1 Å². The number of rotatable bonds is 6. The highest BCUT2D eigenvalue weighted by Crippen LogP contribution is 2.38. The van der Waals surface area contributed by atoms with Gasteiger partial charge in [-0.1, -0.05) is 61.0 Å². The van der Waals surface area contributed by atoms with Crippen molar-refractivity contribution >= 4 is 34.3 Å². The second kappa shape index (κ2) is 8.33. The molecule has 7 heteroatoms. The monoisotopic (exact) mass is 471 g/mol. The lowest BCUT2D eigenvalue weighted by Crippen LogP contribution is -2.41. The molecule has 0 bridgehead atoms. The lowest BCUT2D eigenvalue weighted by molar-refractivity contribution is 0.324. The van der Waals surface area contributed by atoms with Gasteiger partial charge in [0, 0.05) is 23.5 Å². The van der Waals surface area contributed by atoms with Crippen molar-refractivity contribution in [2.45, 2.75) is 43.8 Å². The van der Waals surface area contributed by atoms with E-state index in [0.29, 0.717) is 24.6 Å². The molecule has 1 heterocycles. The van der Waals surface area contributed by atoms with E-state index in [-0.39, 0.29) is 11.0 Å². The van der Waals surface area contributed by atoms with Crippen LogP contribution in [0.15, 0.2) is 57.9 Å². The Hall–Kier alpha value is -0.733. The van der Waals surface area contributed by atoms with Gasteiger partial charge in [-0.2, -0.15) is 4.31 Å². The first-order valence-electron chi connectivity index (χ1n) is 9.09. The van der Waals surface area contributed by atoms with Gasteiger partial charge >= 0.3 is 0 Å². The maximum atomic E-state index is 12.9. The molecule has 1 aromatic rings. The van der Waals surface area contributed by atoms with Gasteiger partial charge < -0.3 is 4.43 Å². The number of sulfonamides is 1. The van der Waals surface area contributed by atoms with Crippen molar-refractivity contribution in [3.8, 4) is 0 Å². The Morgan fingerprint density at radius 1 is 1.33 bits per heavy atom. The quantitative estimate of drug-likeness (QED) is 0.424. The molecule has 4 nitrogen and oxygen atoms in total. The highest BCUT2D eigenvalue weighted by Gasteiger charge is 2.39. The second-order valence-electron chi connectivity index (χ2n) is 8.43. The summed E-state index contributed by atoms with van der Waals surface area (Å²) in [5.41, 5.74) is 1.03. The fourth-order valence-electron chi connectivity index (χ4n) is 2.68. The van der Waals surface area contributed by atoms with Crippen LogP contribution in [0.4, 0.5) is 0 Å². The molecule has 1 aromatic carbocycles. The van der Waals surface area contributed by atoms with Crippen molar-refractivity contribution in [1.82, 2.24) is 4.31 Å². The number of nitrogens with zero attached hydrogens (tertiary/aromatic N) is 1. The summed E-state index contributed by atoms with van der Waals surface area (Å²) in [4.78, 5) is 0.322. The van der Waals surface area contributed by atoms with Gasteiger partial charge in [0.15, 0.2) is 8.32 Å². The number of halogens is 1. The molecule has 0 amide bonds. The average Bonchev–Trinajstić information content (AvgIpc) is 3.05. The van der Waals surface area contributed by atoms with Crippen LogP contribution >= 0.6 is 15.9 Å². The van der Waals surface area contributed by atoms with Gasteiger partial charge in [-0.05, 0) is 35.8 Å². The number of hydrogen-bond donors (Lipinski definition) is 0. The largest absolute Gasteiger partial charge is 0.412 e. The molecule has 27 heavy (non-hydrogen) atoms. The predicted molar refractivity (Wildman–Crippen MR) is 118 cm³/mol. The molecule has 1 saturated heterocycles. The molecule has 150 valence electrons. The molecule has 1 aliphatic heterocycles. The van der Waals surface area contributed by atoms with Gasteiger partial charge in [-0.25, -0.2) is 8.42 Å². The van der Waals surface area contributed by atoms with Gasteiger partial charge in [0.1, 0.15) is 0 Å². The van der Waals surface area contributed by atoms with E-state index in [9.17, 15) is 8.42 Å². The Balaban J connectivity index is 2.23. The van der Waals surface area contributed by atoms with Gasteiger partial charge in [-0.3, -0.25) is 0 Å². The van der Waals surface area contributed by atoms with Crippen molar-refractivity contribution in [3.05, 3.63) is 53.0 Å². The topological polar surface area (TPSA) is 46.6 Å². The Bertz CT molecular complexity index is 813. The molecular weight excluding hydrogens is 442 g/mol. The van der Waals surface area contributed by atoms with Crippen LogP contribution < -0.4 is 0 Å². The zero-order chi connectivity index (χ0) is 20.5. The average molecular weight is 473 g/mol. The lowest BCUT2D eigenvalue weighted by Gasteiger charge is -2.36.